The molecule has 39 heavy (non-hydrogen) atoms. The Balaban J connectivity index is 1.96. The molecule has 0 bridgehead atoms. The van der Waals surface area contributed by atoms with E-state index in [1.165, 1.54) is 27.7 Å². The Bertz CT molecular complexity index is 968. The predicted molar refractivity (Wildman–Crippen MR) is 135 cm³/mol. The molecule has 1 saturated heterocycles. The Hall–Kier alpha value is -3.51. The highest BCUT2D eigenvalue weighted by atomic mass is 16.7. The molecule has 216 valence electrons. The summed E-state index contributed by atoms with van der Waals surface area (Å²) in [5.74, 6) is -2.71. The second kappa shape index (κ2) is 16.5. The number of unbranched alkanes of at least 4 members (excludes halogenated alkanes) is 2. The highest BCUT2D eigenvalue weighted by Crippen LogP contribution is 2.28. The van der Waals surface area contributed by atoms with Crippen LogP contribution >= 0.6 is 0 Å². The topological polar surface area (TPSA) is 153 Å². The van der Waals surface area contributed by atoms with E-state index >= 15 is 0 Å². The molecule has 1 aromatic carbocycles. The summed E-state index contributed by atoms with van der Waals surface area (Å²) in [5, 5.41) is 2.64. The third-order valence-electron chi connectivity index (χ3n) is 5.62. The summed E-state index contributed by atoms with van der Waals surface area (Å²) in [6.07, 6.45) is -2.45. The van der Waals surface area contributed by atoms with Crippen molar-refractivity contribution >= 4 is 29.8 Å². The number of carbonyl (C=O) groups is 5. The van der Waals surface area contributed by atoms with Crippen molar-refractivity contribution in [2.24, 2.45) is 0 Å². The lowest BCUT2D eigenvalue weighted by Gasteiger charge is -2.44. The molecule has 0 aliphatic carbocycles. The van der Waals surface area contributed by atoms with Gasteiger partial charge in [0, 0.05) is 40.7 Å². The maximum atomic E-state index is 12.0. The molecule has 1 amide bonds. The average Bonchev–Trinajstić information content (AvgIpc) is 2.86. The van der Waals surface area contributed by atoms with Gasteiger partial charge in [-0.3, -0.25) is 24.0 Å². The van der Waals surface area contributed by atoms with Crippen molar-refractivity contribution < 1.29 is 52.4 Å². The number of ether oxygens (including phenoxy) is 6. The van der Waals surface area contributed by atoms with E-state index in [1.807, 2.05) is 30.3 Å². The van der Waals surface area contributed by atoms with E-state index in [0.717, 1.165) is 5.56 Å². The number of carbonyl (C=O) groups excluding carboxylic acids is 5. The molecule has 12 heteroatoms. The molecule has 0 unspecified atom stereocenters. The predicted octanol–water partition coefficient (Wildman–Crippen LogP) is 1.96. The fourth-order valence-corrected chi connectivity index (χ4v) is 3.99. The summed E-state index contributed by atoms with van der Waals surface area (Å²) >= 11 is 0. The van der Waals surface area contributed by atoms with E-state index in [4.69, 9.17) is 28.4 Å². The minimum absolute atomic E-state index is 0.186. The first-order valence-electron chi connectivity index (χ1n) is 12.8. The van der Waals surface area contributed by atoms with Crippen molar-refractivity contribution in [3.63, 3.8) is 0 Å². The lowest BCUT2D eigenvalue weighted by molar-refractivity contribution is -0.277. The molecule has 1 aromatic rings. The monoisotopic (exact) mass is 551 g/mol. The molecule has 0 saturated carbocycles. The van der Waals surface area contributed by atoms with Crippen LogP contribution in [-0.2, 0) is 59.0 Å². The van der Waals surface area contributed by atoms with Crippen molar-refractivity contribution in [3.05, 3.63) is 35.9 Å². The first-order chi connectivity index (χ1) is 18.6. The normalized spacial score (nSPS) is 22.3. The minimum atomic E-state index is -1.18. The SMILES string of the molecule is CC(=O)N[C@H]1[C@H](OCCCCCC(=O)OCc2ccccc2)O[C@H](COC(C)=O)[C@H](OC(C)=O)[C@@H]1OC(C)=O. The van der Waals surface area contributed by atoms with Crippen molar-refractivity contribution in [1.29, 1.82) is 0 Å². The van der Waals surface area contributed by atoms with Gasteiger partial charge in [-0.1, -0.05) is 36.8 Å². The van der Waals surface area contributed by atoms with Gasteiger partial charge in [-0.25, -0.2) is 0 Å². The van der Waals surface area contributed by atoms with Gasteiger partial charge in [-0.15, -0.1) is 0 Å². The number of nitrogens with one attached hydrogen (secondary N) is 1. The number of benzene rings is 1. The summed E-state index contributed by atoms with van der Waals surface area (Å²) < 4.78 is 32.9. The van der Waals surface area contributed by atoms with Crippen LogP contribution in [0.4, 0.5) is 0 Å². The molecular weight excluding hydrogens is 514 g/mol. The maximum Gasteiger partial charge on any atom is 0.306 e. The van der Waals surface area contributed by atoms with E-state index in [-0.39, 0.29) is 32.2 Å². The van der Waals surface area contributed by atoms with Gasteiger partial charge in [-0.05, 0) is 18.4 Å². The summed E-state index contributed by atoms with van der Waals surface area (Å²) in [6, 6.07) is 8.38. The minimum Gasteiger partial charge on any atom is -0.463 e. The molecule has 2 rings (SSSR count). The lowest BCUT2D eigenvalue weighted by Crippen LogP contribution is -2.66. The average molecular weight is 552 g/mol. The zero-order valence-electron chi connectivity index (χ0n) is 22.7. The molecule has 1 aliphatic heterocycles. The van der Waals surface area contributed by atoms with Crippen LogP contribution in [0.3, 0.4) is 0 Å². The van der Waals surface area contributed by atoms with E-state index in [0.29, 0.717) is 19.3 Å². The highest BCUT2D eigenvalue weighted by Gasteiger charge is 2.51. The molecule has 1 aliphatic rings. The molecular formula is C27H37NO11. The number of hydrogen-bond acceptors (Lipinski definition) is 11. The van der Waals surface area contributed by atoms with Crippen LogP contribution in [0.25, 0.3) is 0 Å². The second-order valence-corrected chi connectivity index (χ2v) is 9.05. The third kappa shape index (κ3) is 11.8. The van der Waals surface area contributed by atoms with E-state index in [2.05, 4.69) is 5.32 Å². The molecule has 0 radical (unpaired) electrons. The quantitative estimate of drug-likeness (QED) is 0.205. The number of hydrogen-bond donors (Lipinski definition) is 1. The standard InChI is InChI=1S/C27H37NO11/c1-17(29)28-24-26(38-20(4)32)25(37-19(3)31)22(16-35-18(2)30)39-27(24)34-14-10-6-9-13-23(33)36-15-21-11-7-5-8-12-21/h5,7-8,11-12,22,24-27H,6,9-10,13-16H2,1-4H3,(H,28,29)/t22-,24-,25+,26-,27-/m1/s1. The fraction of sp³-hybridized carbons (Fsp3) is 0.593. The summed E-state index contributed by atoms with van der Waals surface area (Å²) in [6.45, 7) is 4.92. The summed E-state index contributed by atoms with van der Waals surface area (Å²) in [5.41, 5.74) is 0.912. The van der Waals surface area contributed by atoms with Crippen LogP contribution in [0.1, 0.15) is 58.9 Å². The van der Waals surface area contributed by atoms with Crippen LogP contribution in [0, 0.1) is 0 Å². The van der Waals surface area contributed by atoms with Gasteiger partial charge in [-0.2, -0.15) is 0 Å². The van der Waals surface area contributed by atoms with Crippen LogP contribution in [0.5, 0.6) is 0 Å². The van der Waals surface area contributed by atoms with E-state index in [9.17, 15) is 24.0 Å². The van der Waals surface area contributed by atoms with Crippen LogP contribution < -0.4 is 5.32 Å². The number of rotatable bonds is 14. The maximum absolute atomic E-state index is 12.0. The summed E-state index contributed by atoms with van der Waals surface area (Å²) in [4.78, 5) is 59.0. The Morgan fingerprint density at radius 3 is 2.10 bits per heavy atom. The van der Waals surface area contributed by atoms with Gasteiger partial charge in [0.05, 0.1) is 0 Å². The van der Waals surface area contributed by atoms with Gasteiger partial charge in [0.2, 0.25) is 5.91 Å². The van der Waals surface area contributed by atoms with Crippen LogP contribution in [0.15, 0.2) is 30.3 Å². The molecule has 1 N–H and O–H groups in total. The Labute approximate surface area is 227 Å². The summed E-state index contributed by atoms with van der Waals surface area (Å²) in [7, 11) is 0. The van der Waals surface area contributed by atoms with Crippen molar-refractivity contribution in [2.75, 3.05) is 13.2 Å². The molecule has 1 heterocycles. The fourth-order valence-electron chi connectivity index (χ4n) is 3.99. The molecule has 12 nitrogen and oxygen atoms in total. The third-order valence-corrected chi connectivity index (χ3v) is 5.62. The van der Waals surface area contributed by atoms with Crippen molar-refractivity contribution in [3.8, 4) is 0 Å². The Kier molecular flexibility index (Phi) is 13.4. The zero-order valence-corrected chi connectivity index (χ0v) is 22.7. The van der Waals surface area contributed by atoms with E-state index in [1.54, 1.807) is 0 Å². The van der Waals surface area contributed by atoms with Crippen molar-refractivity contribution in [2.45, 2.75) is 90.6 Å². The smallest absolute Gasteiger partial charge is 0.306 e. The number of esters is 4. The lowest BCUT2D eigenvalue weighted by atomic mass is 9.96. The van der Waals surface area contributed by atoms with Crippen LogP contribution in [-0.4, -0.2) is 73.6 Å². The Morgan fingerprint density at radius 2 is 1.49 bits per heavy atom. The largest absolute Gasteiger partial charge is 0.463 e. The Morgan fingerprint density at radius 1 is 0.821 bits per heavy atom. The van der Waals surface area contributed by atoms with Gasteiger partial charge in [0.15, 0.2) is 18.5 Å². The first kappa shape index (κ1) is 31.7. The molecule has 0 aromatic heterocycles. The van der Waals surface area contributed by atoms with Gasteiger partial charge < -0.3 is 33.7 Å². The van der Waals surface area contributed by atoms with Gasteiger partial charge in [0.1, 0.15) is 25.4 Å². The van der Waals surface area contributed by atoms with E-state index < -0.39 is 54.5 Å². The molecule has 1 fully saturated rings. The molecule has 5 atom stereocenters. The second-order valence-electron chi connectivity index (χ2n) is 9.05. The zero-order chi connectivity index (χ0) is 28.8. The van der Waals surface area contributed by atoms with Gasteiger partial charge >= 0.3 is 23.9 Å². The van der Waals surface area contributed by atoms with Crippen molar-refractivity contribution in [1.82, 2.24) is 5.32 Å². The first-order valence-corrected chi connectivity index (χ1v) is 12.8. The molecule has 0 spiro atoms. The van der Waals surface area contributed by atoms with Crippen LogP contribution in [0.2, 0.25) is 0 Å². The highest BCUT2D eigenvalue weighted by molar-refractivity contribution is 5.73. The van der Waals surface area contributed by atoms with Gasteiger partial charge in [0.25, 0.3) is 0 Å². The number of amides is 1.